The largest absolute Gasteiger partial charge is 0.394 e. The van der Waals surface area contributed by atoms with E-state index in [0.717, 1.165) is 22.3 Å². The molecule has 0 atom stereocenters. The fraction of sp³-hybridized carbons (Fsp3) is 0.294. The first-order valence-corrected chi connectivity index (χ1v) is 9.69. The van der Waals surface area contributed by atoms with Gasteiger partial charge in [0.25, 0.3) is 0 Å². The van der Waals surface area contributed by atoms with E-state index in [4.69, 9.17) is 10.9 Å². The second-order valence-corrected chi connectivity index (χ2v) is 7.26. The Bertz CT molecular complexity index is 1080. The Morgan fingerprint density at radius 3 is 2.89 bits per heavy atom. The lowest BCUT2D eigenvalue weighted by atomic mass is 10.2. The minimum atomic E-state index is 0.0284. The summed E-state index contributed by atoms with van der Waals surface area (Å²) in [7, 11) is 0. The third-order valence-corrected chi connectivity index (χ3v) is 5.34. The van der Waals surface area contributed by atoms with Gasteiger partial charge in [-0.1, -0.05) is 0 Å². The highest BCUT2D eigenvalue weighted by molar-refractivity contribution is 7.19. The number of aryl methyl sites for hydroxylation is 1. The lowest BCUT2D eigenvalue weighted by molar-refractivity contribution is 0.269. The smallest absolute Gasteiger partial charge is 0.183 e. The number of nitrogen functional groups attached to an aromatic ring is 1. The summed E-state index contributed by atoms with van der Waals surface area (Å²) in [4.78, 5) is 10.1. The fourth-order valence-electron chi connectivity index (χ4n) is 2.91. The van der Waals surface area contributed by atoms with Gasteiger partial charge < -0.3 is 15.8 Å². The van der Waals surface area contributed by atoms with Gasteiger partial charge in [-0.15, -0.1) is 11.3 Å². The van der Waals surface area contributed by atoms with Gasteiger partial charge in [-0.05, 0) is 13.0 Å². The van der Waals surface area contributed by atoms with Crippen molar-refractivity contribution >= 4 is 33.2 Å². The van der Waals surface area contributed by atoms with Gasteiger partial charge in [0.2, 0.25) is 0 Å². The Morgan fingerprint density at radius 2 is 2.11 bits per heavy atom. The third-order valence-electron chi connectivity index (χ3n) is 4.28. The zero-order chi connectivity index (χ0) is 19.5. The Labute approximate surface area is 165 Å². The van der Waals surface area contributed by atoms with E-state index in [1.54, 1.807) is 28.4 Å². The van der Waals surface area contributed by atoms with Gasteiger partial charge >= 0.3 is 0 Å². The van der Waals surface area contributed by atoms with Crippen molar-refractivity contribution in [1.29, 1.82) is 0 Å². The van der Waals surface area contributed by atoms with Crippen molar-refractivity contribution < 1.29 is 5.11 Å². The molecule has 0 radical (unpaired) electrons. The zero-order valence-corrected chi connectivity index (χ0v) is 16.1. The number of aromatic nitrogens is 6. The lowest BCUT2D eigenvalue weighted by Crippen LogP contribution is -2.13. The van der Waals surface area contributed by atoms with Gasteiger partial charge in [0.05, 0.1) is 54.2 Å². The molecule has 0 spiro atoms. The van der Waals surface area contributed by atoms with Gasteiger partial charge in [0.15, 0.2) is 11.6 Å². The number of hydrazine groups is 1. The fourth-order valence-corrected chi connectivity index (χ4v) is 3.88. The molecule has 0 aliphatic carbocycles. The first-order chi connectivity index (χ1) is 13.7. The maximum atomic E-state index is 9.03. The molecule has 0 unspecified atom stereocenters. The highest BCUT2D eigenvalue weighted by Gasteiger charge is 2.12. The molecule has 0 aliphatic rings. The molecule has 0 amide bonds. The van der Waals surface area contributed by atoms with E-state index in [1.807, 2.05) is 17.1 Å². The Morgan fingerprint density at radius 1 is 1.21 bits per heavy atom. The van der Waals surface area contributed by atoms with Crippen molar-refractivity contribution in [3.8, 4) is 11.3 Å². The number of fused-ring (bicyclic) bond motifs is 1. The molecule has 5 N–H and O–H groups in total. The first kappa shape index (κ1) is 18.3. The van der Waals surface area contributed by atoms with Crippen LogP contribution in [-0.2, 0) is 19.6 Å². The van der Waals surface area contributed by atoms with Gasteiger partial charge in [0.1, 0.15) is 0 Å². The number of hydrogen-bond donors (Lipinski definition) is 4. The number of rotatable bonds is 8. The number of thiophene rings is 1. The van der Waals surface area contributed by atoms with Gasteiger partial charge in [-0.2, -0.15) is 10.2 Å². The van der Waals surface area contributed by atoms with Gasteiger partial charge in [-0.3, -0.25) is 9.36 Å². The summed E-state index contributed by atoms with van der Waals surface area (Å²) in [5, 5.41) is 20.9. The number of nitrogens with one attached hydrogen (secondary N) is 2. The van der Waals surface area contributed by atoms with Crippen LogP contribution >= 0.6 is 11.3 Å². The molecule has 10 nitrogen and oxygen atoms in total. The van der Waals surface area contributed by atoms with Crippen molar-refractivity contribution in [2.45, 2.75) is 26.6 Å². The van der Waals surface area contributed by atoms with E-state index < -0.39 is 0 Å². The van der Waals surface area contributed by atoms with Crippen molar-refractivity contribution in [2.75, 3.05) is 17.3 Å². The second kappa shape index (κ2) is 7.92. The molecule has 0 aromatic carbocycles. The van der Waals surface area contributed by atoms with Crippen LogP contribution in [0.5, 0.6) is 0 Å². The number of nitrogens with zero attached hydrogens (tertiary/aromatic N) is 6. The van der Waals surface area contributed by atoms with E-state index in [-0.39, 0.29) is 6.61 Å². The maximum Gasteiger partial charge on any atom is 0.183 e. The predicted octanol–water partition coefficient (Wildman–Crippen LogP) is 1.66. The summed E-state index contributed by atoms with van der Waals surface area (Å²) in [5.41, 5.74) is 5.20. The average molecular weight is 399 g/mol. The van der Waals surface area contributed by atoms with E-state index in [1.165, 1.54) is 4.88 Å². The van der Waals surface area contributed by atoms with E-state index >= 15 is 0 Å². The number of nitrogens with two attached hydrogens (primary N) is 1. The van der Waals surface area contributed by atoms with Gasteiger partial charge in [-0.25, -0.2) is 15.8 Å². The highest BCUT2D eigenvalue weighted by Crippen LogP contribution is 2.27. The van der Waals surface area contributed by atoms with Gasteiger partial charge in [0, 0.05) is 23.2 Å². The number of aliphatic hydroxyl groups excluding tert-OH is 1. The Hall–Kier alpha value is -3.02. The summed E-state index contributed by atoms with van der Waals surface area (Å²) in [6, 6.07) is 2.13. The lowest BCUT2D eigenvalue weighted by Gasteiger charge is -2.10. The monoisotopic (exact) mass is 399 g/mol. The zero-order valence-electron chi connectivity index (χ0n) is 15.3. The van der Waals surface area contributed by atoms with E-state index in [2.05, 4.69) is 43.9 Å². The molecular formula is C17H21N9OS. The quantitative estimate of drug-likeness (QED) is 0.260. The number of aliphatic hydroxyl groups is 1. The van der Waals surface area contributed by atoms with Crippen LogP contribution in [0.15, 0.2) is 30.9 Å². The first-order valence-electron chi connectivity index (χ1n) is 8.87. The molecule has 28 heavy (non-hydrogen) atoms. The van der Waals surface area contributed by atoms with Crippen LogP contribution < -0.4 is 16.6 Å². The summed E-state index contributed by atoms with van der Waals surface area (Å²) in [5.74, 6) is 6.61. The average Bonchev–Trinajstić information content (AvgIpc) is 3.42. The molecule has 4 aromatic rings. The predicted molar refractivity (Wildman–Crippen MR) is 109 cm³/mol. The van der Waals surface area contributed by atoms with Crippen LogP contribution in [0.2, 0.25) is 0 Å². The van der Waals surface area contributed by atoms with Crippen molar-refractivity contribution in [2.24, 2.45) is 5.84 Å². The molecular weight excluding hydrogens is 378 g/mol. The molecule has 0 bridgehead atoms. The molecule has 146 valence electrons. The summed E-state index contributed by atoms with van der Waals surface area (Å²) in [6.07, 6.45) is 7.05. The maximum absolute atomic E-state index is 9.03. The Balaban J connectivity index is 1.55. The number of anilines is 2. The molecule has 4 aromatic heterocycles. The molecule has 0 fully saturated rings. The van der Waals surface area contributed by atoms with Crippen LogP contribution in [-0.4, -0.2) is 41.2 Å². The van der Waals surface area contributed by atoms with E-state index in [9.17, 15) is 0 Å². The normalized spacial score (nSPS) is 11.2. The minimum absolute atomic E-state index is 0.0284. The second-order valence-electron chi connectivity index (χ2n) is 6.09. The van der Waals surface area contributed by atoms with Crippen LogP contribution in [0.1, 0.15) is 11.8 Å². The Kier molecular flexibility index (Phi) is 5.19. The molecule has 0 saturated heterocycles. The number of hydrogen-bond acceptors (Lipinski definition) is 9. The van der Waals surface area contributed by atoms with Crippen molar-refractivity contribution in [1.82, 2.24) is 29.5 Å². The van der Waals surface area contributed by atoms with Crippen LogP contribution in [0, 0.1) is 0 Å². The SMILES string of the molecule is CCn1ncc2sc(CNc3nc(-c4cnn(CCO)c4)cnc3NN)cc21. The standard InChI is InChI=1S/C17H21N9OS/c1-2-26-14-5-12(28-15(14)9-22-26)7-19-16-17(24-18)20-8-13(23-16)11-6-21-25(10-11)3-4-27/h5-6,8-10,27H,2-4,7,18H2,1H3,(H,19,23)(H,20,24). The molecule has 11 heteroatoms. The van der Waals surface area contributed by atoms with Crippen LogP contribution in [0.25, 0.3) is 21.5 Å². The third kappa shape index (κ3) is 3.54. The summed E-state index contributed by atoms with van der Waals surface area (Å²) < 4.78 is 4.80. The topological polar surface area (TPSA) is 132 Å². The molecule has 4 heterocycles. The minimum Gasteiger partial charge on any atom is -0.394 e. The van der Waals surface area contributed by atoms with E-state index in [0.29, 0.717) is 30.4 Å². The molecule has 0 aliphatic heterocycles. The molecule has 0 saturated carbocycles. The van der Waals surface area contributed by atoms with Crippen molar-refractivity contribution in [3.05, 3.63) is 35.7 Å². The van der Waals surface area contributed by atoms with Crippen LogP contribution in [0.4, 0.5) is 11.6 Å². The summed E-state index contributed by atoms with van der Waals surface area (Å²) >= 11 is 1.69. The molecule has 4 rings (SSSR count). The summed E-state index contributed by atoms with van der Waals surface area (Å²) in [6.45, 7) is 3.97. The van der Waals surface area contributed by atoms with Crippen LogP contribution in [0.3, 0.4) is 0 Å². The highest BCUT2D eigenvalue weighted by atomic mass is 32.1. The van der Waals surface area contributed by atoms with Crippen molar-refractivity contribution in [3.63, 3.8) is 0 Å².